The van der Waals surface area contributed by atoms with Gasteiger partial charge in [0.25, 0.3) is 0 Å². The number of anilines is 3. The maximum absolute atomic E-state index is 12.8. The number of hydrogen-bond acceptors (Lipinski definition) is 5. The monoisotopic (exact) mass is 351 g/mol. The second kappa shape index (κ2) is 7.72. The molecule has 136 valence electrons. The minimum Gasteiger partial charge on any atom is -0.370 e. The van der Waals surface area contributed by atoms with Crippen LogP contribution >= 0.6 is 0 Å². The molecule has 0 saturated carbocycles. The van der Waals surface area contributed by atoms with E-state index in [4.69, 9.17) is 0 Å². The van der Waals surface area contributed by atoms with Gasteiger partial charge in [-0.3, -0.25) is 9.78 Å². The van der Waals surface area contributed by atoms with Gasteiger partial charge >= 0.3 is 0 Å². The van der Waals surface area contributed by atoms with Crippen molar-refractivity contribution in [1.29, 1.82) is 0 Å². The van der Waals surface area contributed by atoms with Gasteiger partial charge in [0.2, 0.25) is 5.91 Å². The fourth-order valence-electron chi connectivity index (χ4n) is 3.87. The molecule has 2 fully saturated rings. The molecule has 0 radical (unpaired) electrons. The minimum atomic E-state index is 0.0505. The maximum atomic E-state index is 12.8. The number of amides is 1. The number of benzene rings is 1. The van der Waals surface area contributed by atoms with E-state index in [1.54, 1.807) is 18.6 Å². The maximum Gasteiger partial charge on any atom is 0.227 e. The summed E-state index contributed by atoms with van der Waals surface area (Å²) in [5, 5.41) is 3.18. The Morgan fingerprint density at radius 2 is 1.77 bits per heavy atom. The Hall–Kier alpha value is -2.63. The van der Waals surface area contributed by atoms with Crippen molar-refractivity contribution in [2.45, 2.75) is 25.7 Å². The Morgan fingerprint density at radius 1 is 1.00 bits per heavy atom. The molecule has 2 aliphatic rings. The van der Waals surface area contributed by atoms with E-state index < -0.39 is 0 Å². The van der Waals surface area contributed by atoms with E-state index in [0.717, 1.165) is 56.2 Å². The summed E-state index contributed by atoms with van der Waals surface area (Å²) < 4.78 is 0. The summed E-state index contributed by atoms with van der Waals surface area (Å²) in [4.78, 5) is 25.9. The van der Waals surface area contributed by atoms with Crippen molar-refractivity contribution in [3.63, 3.8) is 0 Å². The van der Waals surface area contributed by atoms with E-state index in [-0.39, 0.29) is 11.8 Å². The molecule has 0 bridgehead atoms. The van der Waals surface area contributed by atoms with Crippen molar-refractivity contribution in [3.8, 4) is 0 Å². The molecule has 0 aliphatic carbocycles. The lowest BCUT2D eigenvalue weighted by Crippen LogP contribution is -2.38. The third-order valence-corrected chi connectivity index (χ3v) is 5.35. The molecule has 2 aliphatic heterocycles. The molecule has 2 aromatic rings. The van der Waals surface area contributed by atoms with Crippen molar-refractivity contribution in [1.82, 2.24) is 9.97 Å². The molecule has 1 amide bonds. The van der Waals surface area contributed by atoms with E-state index in [9.17, 15) is 4.79 Å². The van der Waals surface area contributed by atoms with Gasteiger partial charge < -0.3 is 15.1 Å². The van der Waals surface area contributed by atoms with Crippen LogP contribution < -0.4 is 15.1 Å². The molecule has 0 spiro atoms. The summed E-state index contributed by atoms with van der Waals surface area (Å²) in [6.07, 6.45) is 9.31. The first kappa shape index (κ1) is 16.8. The molecular formula is C20H25N5O. The standard InChI is InChI=1S/C20H25N5O/c26-20(16-7-13-25(14-8-16)19-15-21-9-10-22-19)23-17-5-1-2-6-18(17)24-11-3-4-12-24/h1-2,5-6,9-10,15-16H,3-4,7-8,11-14H2,(H,23,26). The molecule has 0 unspecified atom stereocenters. The van der Waals surface area contributed by atoms with Gasteiger partial charge in [0.05, 0.1) is 17.6 Å². The Labute approximate surface area is 154 Å². The van der Waals surface area contributed by atoms with Crippen LogP contribution in [0.25, 0.3) is 0 Å². The predicted octanol–water partition coefficient (Wildman–Crippen LogP) is 2.93. The van der Waals surface area contributed by atoms with Gasteiger partial charge in [-0.2, -0.15) is 0 Å². The first-order chi connectivity index (χ1) is 12.8. The summed E-state index contributed by atoms with van der Waals surface area (Å²) in [7, 11) is 0. The van der Waals surface area contributed by atoms with Crippen LogP contribution in [0, 0.1) is 5.92 Å². The highest BCUT2D eigenvalue weighted by atomic mass is 16.1. The Morgan fingerprint density at radius 3 is 2.50 bits per heavy atom. The van der Waals surface area contributed by atoms with Crippen LogP contribution in [-0.4, -0.2) is 42.1 Å². The number of nitrogens with one attached hydrogen (secondary N) is 1. The van der Waals surface area contributed by atoms with Gasteiger partial charge in [-0.15, -0.1) is 0 Å². The van der Waals surface area contributed by atoms with Gasteiger partial charge in [0, 0.05) is 44.5 Å². The van der Waals surface area contributed by atoms with Crippen LogP contribution in [0.4, 0.5) is 17.2 Å². The largest absolute Gasteiger partial charge is 0.370 e. The van der Waals surface area contributed by atoms with E-state index in [1.165, 1.54) is 12.8 Å². The Balaban J connectivity index is 1.38. The lowest BCUT2D eigenvalue weighted by atomic mass is 9.95. The van der Waals surface area contributed by atoms with Gasteiger partial charge in [-0.1, -0.05) is 12.1 Å². The van der Waals surface area contributed by atoms with Crippen LogP contribution in [0.1, 0.15) is 25.7 Å². The van der Waals surface area contributed by atoms with Crippen molar-refractivity contribution >= 4 is 23.1 Å². The summed E-state index contributed by atoms with van der Waals surface area (Å²) in [5.74, 6) is 1.08. The molecule has 0 atom stereocenters. The highest BCUT2D eigenvalue weighted by Crippen LogP contribution is 2.30. The van der Waals surface area contributed by atoms with E-state index in [2.05, 4.69) is 31.2 Å². The molecule has 3 heterocycles. The fourth-order valence-corrected chi connectivity index (χ4v) is 3.87. The number of hydrogen-bond donors (Lipinski definition) is 1. The highest BCUT2D eigenvalue weighted by molar-refractivity contribution is 5.96. The highest BCUT2D eigenvalue weighted by Gasteiger charge is 2.26. The summed E-state index contributed by atoms with van der Waals surface area (Å²) in [6, 6.07) is 8.16. The van der Waals surface area contributed by atoms with Crippen LogP contribution in [0.5, 0.6) is 0 Å². The average Bonchev–Trinajstić information content (AvgIpc) is 3.24. The molecule has 1 aromatic carbocycles. The lowest BCUT2D eigenvalue weighted by molar-refractivity contribution is -0.120. The van der Waals surface area contributed by atoms with E-state index in [0.29, 0.717) is 0 Å². The number of carbonyl (C=O) groups excluding carboxylic acids is 1. The van der Waals surface area contributed by atoms with Crippen LogP contribution in [-0.2, 0) is 4.79 Å². The number of carbonyl (C=O) groups is 1. The summed E-state index contributed by atoms with van der Waals surface area (Å²) in [5.41, 5.74) is 2.09. The number of piperidine rings is 1. The zero-order valence-corrected chi connectivity index (χ0v) is 15.0. The van der Waals surface area contributed by atoms with Crippen molar-refractivity contribution in [2.75, 3.05) is 41.3 Å². The SMILES string of the molecule is O=C(Nc1ccccc1N1CCCC1)C1CCN(c2cnccn2)CC1. The number of nitrogens with zero attached hydrogens (tertiary/aromatic N) is 4. The van der Waals surface area contributed by atoms with Gasteiger partial charge in [-0.25, -0.2) is 4.98 Å². The van der Waals surface area contributed by atoms with Crippen LogP contribution in [0.15, 0.2) is 42.9 Å². The molecule has 6 nitrogen and oxygen atoms in total. The molecule has 26 heavy (non-hydrogen) atoms. The van der Waals surface area contributed by atoms with Crippen molar-refractivity contribution < 1.29 is 4.79 Å². The molecule has 6 heteroatoms. The van der Waals surface area contributed by atoms with E-state index >= 15 is 0 Å². The van der Waals surface area contributed by atoms with Crippen LogP contribution in [0.2, 0.25) is 0 Å². The Bertz CT molecular complexity index is 737. The second-order valence-electron chi connectivity index (χ2n) is 7.03. The summed E-state index contributed by atoms with van der Waals surface area (Å²) in [6.45, 7) is 3.82. The topological polar surface area (TPSA) is 61.4 Å². The lowest BCUT2D eigenvalue weighted by Gasteiger charge is -2.32. The predicted molar refractivity (Wildman–Crippen MR) is 103 cm³/mol. The average molecular weight is 351 g/mol. The minimum absolute atomic E-state index is 0.0505. The number of aromatic nitrogens is 2. The zero-order valence-electron chi connectivity index (χ0n) is 15.0. The van der Waals surface area contributed by atoms with Crippen molar-refractivity contribution in [2.24, 2.45) is 5.92 Å². The molecule has 2 saturated heterocycles. The van der Waals surface area contributed by atoms with Crippen LogP contribution in [0.3, 0.4) is 0 Å². The van der Waals surface area contributed by atoms with Gasteiger partial charge in [0.15, 0.2) is 0 Å². The third-order valence-electron chi connectivity index (χ3n) is 5.35. The third kappa shape index (κ3) is 3.64. The molecule has 1 aromatic heterocycles. The quantitative estimate of drug-likeness (QED) is 0.918. The molecular weight excluding hydrogens is 326 g/mol. The van der Waals surface area contributed by atoms with Crippen molar-refractivity contribution in [3.05, 3.63) is 42.9 Å². The first-order valence-electron chi connectivity index (χ1n) is 9.47. The molecule has 1 N–H and O–H groups in total. The number of para-hydroxylation sites is 2. The number of rotatable bonds is 4. The Kier molecular flexibility index (Phi) is 5.00. The fraction of sp³-hybridized carbons (Fsp3) is 0.450. The van der Waals surface area contributed by atoms with E-state index in [1.807, 2.05) is 18.2 Å². The van der Waals surface area contributed by atoms with Gasteiger partial charge in [0.1, 0.15) is 5.82 Å². The molecule has 4 rings (SSSR count). The smallest absolute Gasteiger partial charge is 0.227 e. The zero-order chi connectivity index (χ0) is 17.8. The van der Waals surface area contributed by atoms with Gasteiger partial charge in [-0.05, 0) is 37.8 Å². The summed E-state index contributed by atoms with van der Waals surface area (Å²) >= 11 is 0. The second-order valence-corrected chi connectivity index (χ2v) is 7.03. The normalized spacial score (nSPS) is 18.2. The first-order valence-corrected chi connectivity index (χ1v) is 9.47.